The Labute approximate surface area is 139 Å². The van der Waals surface area contributed by atoms with Gasteiger partial charge in [-0.15, -0.1) is 11.3 Å². The number of halogens is 1. The zero-order valence-electron chi connectivity index (χ0n) is 13.1. The molecule has 120 valence electrons. The molecule has 5 nitrogen and oxygen atoms in total. The first kappa shape index (κ1) is 16.8. The van der Waals surface area contributed by atoms with Gasteiger partial charge in [0, 0.05) is 18.0 Å². The zero-order valence-corrected chi connectivity index (χ0v) is 14.6. The fourth-order valence-corrected chi connectivity index (χ4v) is 2.97. The summed E-state index contributed by atoms with van der Waals surface area (Å²) in [4.78, 5) is 10.1. The summed E-state index contributed by atoms with van der Waals surface area (Å²) in [5.74, 6) is 2.24. The Balaban J connectivity index is 1.86. The van der Waals surface area contributed by atoms with Crippen molar-refractivity contribution in [1.82, 2.24) is 15.6 Å². The summed E-state index contributed by atoms with van der Waals surface area (Å²) in [5.41, 5.74) is 0.915. The maximum atomic E-state index is 5.93. The van der Waals surface area contributed by atoms with Gasteiger partial charge in [-0.2, -0.15) is 0 Å². The number of nitrogens with zero attached hydrogens (tertiary/aromatic N) is 2. The van der Waals surface area contributed by atoms with E-state index in [1.807, 2.05) is 26.8 Å². The van der Waals surface area contributed by atoms with Crippen LogP contribution in [0.1, 0.15) is 29.1 Å². The molecule has 0 amide bonds. The van der Waals surface area contributed by atoms with E-state index in [0.717, 1.165) is 41.3 Å². The van der Waals surface area contributed by atoms with Crippen LogP contribution in [0.25, 0.3) is 0 Å². The van der Waals surface area contributed by atoms with Gasteiger partial charge in [0.25, 0.3) is 0 Å². The summed E-state index contributed by atoms with van der Waals surface area (Å²) < 4.78 is 6.36. The molecule has 0 unspecified atom stereocenters. The summed E-state index contributed by atoms with van der Waals surface area (Å²) in [6, 6.07) is 3.98. The number of rotatable bonds is 6. The van der Waals surface area contributed by atoms with Crippen molar-refractivity contribution in [3.8, 4) is 0 Å². The maximum Gasteiger partial charge on any atom is 0.216 e. The van der Waals surface area contributed by atoms with E-state index >= 15 is 0 Å². The van der Waals surface area contributed by atoms with E-state index < -0.39 is 0 Å². The molecule has 2 N–H and O–H groups in total. The second kappa shape index (κ2) is 8.19. The van der Waals surface area contributed by atoms with E-state index in [-0.39, 0.29) is 0 Å². The lowest BCUT2D eigenvalue weighted by Gasteiger charge is -2.10. The molecule has 0 saturated heterocycles. The molecule has 2 aromatic heterocycles. The molecule has 0 aliphatic rings. The zero-order chi connectivity index (χ0) is 15.9. The first-order chi connectivity index (χ1) is 10.6. The molecule has 22 heavy (non-hydrogen) atoms. The highest BCUT2D eigenvalue weighted by atomic mass is 35.5. The topological polar surface area (TPSA) is 62.5 Å². The lowest BCUT2D eigenvalue weighted by atomic mass is 10.3. The lowest BCUT2D eigenvalue weighted by Crippen LogP contribution is -2.38. The second-order valence-corrected chi connectivity index (χ2v) is 6.63. The van der Waals surface area contributed by atoms with Crippen LogP contribution in [0.2, 0.25) is 4.34 Å². The molecule has 0 aliphatic carbocycles. The number of oxazole rings is 1. The normalized spacial score (nSPS) is 11.7. The molecule has 0 spiro atoms. The molecule has 0 aromatic carbocycles. The van der Waals surface area contributed by atoms with Gasteiger partial charge in [0.2, 0.25) is 5.89 Å². The number of aryl methyl sites for hydroxylation is 2. The average molecular weight is 341 g/mol. The van der Waals surface area contributed by atoms with Crippen molar-refractivity contribution >= 4 is 28.9 Å². The first-order valence-corrected chi connectivity index (χ1v) is 8.47. The molecule has 2 aromatic rings. The van der Waals surface area contributed by atoms with Crippen LogP contribution in [0.4, 0.5) is 0 Å². The number of aromatic nitrogens is 1. The van der Waals surface area contributed by atoms with Crippen molar-refractivity contribution in [3.63, 3.8) is 0 Å². The van der Waals surface area contributed by atoms with E-state index in [1.165, 1.54) is 4.88 Å². The number of thiophene rings is 1. The van der Waals surface area contributed by atoms with Crippen LogP contribution in [0.3, 0.4) is 0 Å². The van der Waals surface area contributed by atoms with Crippen molar-refractivity contribution in [1.29, 1.82) is 0 Å². The Hall–Kier alpha value is -1.53. The Morgan fingerprint density at radius 3 is 2.77 bits per heavy atom. The molecule has 0 aliphatic heterocycles. The third kappa shape index (κ3) is 5.03. The predicted molar refractivity (Wildman–Crippen MR) is 91.8 cm³/mol. The molecule has 0 bridgehead atoms. The van der Waals surface area contributed by atoms with Crippen LogP contribution in [-0.4, -0.2) is 24.0 Å². The highest BCUT2D eigenvalue weighted by molar-refractivity contribution is 7.16. The van der Waals surface area contributed by atoms with Gasteiger partial charge in [-0.1, -0.05) is 11.6 Å². The second-order valence-electron chi connectivity index (χ2n) is 4.83. The molecular formula is C15H21ClN4OS. The van der Waals surface area contributed by atoms with Gasteiger partial charge in [-0.3, -0.25) is 0 Å². The quantitative estimate of drug-likeness (QED) is 0.625. The van der Waals surface area contributed by atoms with E-state index in [0.29, 0.717) is 12.4 Å². The summed E-state index contributed by atoms with van der Waals surface area (Å²) in [6.45, 7) is 7.91. The van der Waals surface area contributed by atoms with Crippen molar-refractivity contribution in [2.45, 2.75) is 33.7 Å². The summed E-state index contributed by atoms with van der Waals surface area (Å²) >= 11 is 7.54. The summed E-state index contributed by atoms with van der Waals surface area (Å²) in [5, 5.41) is 6.52. The van der Waals surface area contributed by atoms with Gasteiger partial charge in [-0.25, -0.2) is 9.98 Å². The molecule has 0 saturated carbocycles. The monoisotopic (exact) mass is 340 g/mol. The van der Waals surface area contributed by atoms with E-state index in [2.05, 4.69) is 26.7 Å². The summed E-state index contributed by atoms with van der Waals surface area (Å²) in [7, 11) is 0. The van der Waals surface area contributed by atoms with Gasteiger partial charge >= 0.3 is 0 Å². The third-order valence-corrected chi connectivity index (χ3v) is 4.37. The summed E-state index contributed by atoms with van der Waals surface area (Å²) in [6.07, 6.45) is 0.916. The standard InChI is InChI=1S/C15H21ClN4OS/c1-4-17-15(18-8-7-12-5-6-13(16)22-12)19-9-14-20-10(2)11(3)21-14/h5-6H,4,7-9H2,1-3H3,(H2,17,18,19). The van der Waals surface area contributed by atoms with Crippen LogP contribution in [-0.2, 0) is 13.0 Å². The van der Waals surface area contributed by atoms with Gasteiger partial charge in [0.15, 0.2) is 5.96 Å². The minimum Gasteiger partial charge on any atom is -0.444 e. The number of hydrogen-bond acceptors (Lipinski definition) is 4. The van der Waals surface area contributed by atoms with E-state index in [4.69, 9.17) is 16.0 Å². The van der Waals surface area contributed by atoms with Gasteiger partial charge in [0.05, 0.1) is 10.0 Å². The van der Waals surface area contributed by atoms with E-state index in [1.54, 1.807) is 11.3 Å². The van der Waals surface area contributed by atoms with Crippen molar-refractivity contribution in [2.75, 3.05) is 13.1 Å². The minimum atomic E-state index is 0.425. The smallest absolute Gasteiger partial charge is 0.216 e. The maximum absolute atomic E-state index is 5.93. The third-order valence-electron chi connectivity index (χ3n) is 3.08. The Bertz CT molecular complexity index is 616. The van der Waals surface area contributed by atoms with Gasteiger partial charge < -0.3 is 15.1 Å². The van der Waals surface area contributed by atoms with Crippen LogP contribution in [0.5, 0.6) is 0 Å². The van der Waals surface area contributed by atoms with Crippen LogP contribution >= 0.6 is 22.9 Å². The predicted octanol–water partition coefficient (Wildman–Crippen LogP) is 3.30. The molecule has 0 radical (unpaired) electrons. The number of nitrogens with one attached hydrogen (secondary N) is 2. The van der Waals surface area contributed by atoms with Crippen LogP contribution in [0, 0.1) is 13.8 Å². The first-order valence-electron chi connectivity index (χ1n) is 7.27. The molecule has 2 rings (SSSR count). The van der Waals surface area contributed by atoms with Gasteiger partial charge in [-0.05, 0) is 39.3 Å². The molecule has 0 atom stereocenters. The fourth-order valence-electron chi connectivity index (χ4n) is 1.89. The minimum absolute atomic E-state index is 0.425. The Morgan fingerprint density at radius 2 is 2.18 bits per heavy atom. The Morgan fingerprint density at radius 1 is 1.36 bits per heavy atom. The molecule has 7 heteroatoms. The van der Waals surface area contributed by atoms with Crippen LogP contribution < -0.4 is 10.6 Å². The highest BCUT2D eigenvalue weighted by Gasteiger charge is 2.05. The average Bonchev–Trinajstić information content (AvgIpc) is 3.03. The van der Waals surface area contributed by atoms with Crippen molar-refractivity contribution in [3.05, 3.63) is 38.7 Å². The fraction of sp³-hybridized carbons (Fsp3) is 0.467. The van der Waals surface area contributed by atoms with Crippen molar-refractivity contribution < 1.29 is 4.42 Å². The number of aliphatic imine (C=N–C) groups is 1. The molecule has 0 fully saturated rings. The van der Waals surface area contributed by atoms with E-state index in [9.17, 15) is 0 Å². The molecule has 2 heterocycles. The Kier molecular flexibility index (Phi) is 6.27. The molecular weight excluding hydrogens is 320 g/mol. The van der Waals surface area contributed by atoms with Crippen LogP contribution in [0.15, 0.2) is 21.5 Å². The highest BCUT2D eigenvalue weighted by Crippen LogP contribution is 2.21. The number of hydrogen-bond donors (Lipinski definition) is 2. The van der Waals surface area contributed by atoms with Gasteiger partial charge in [0.1, 0.15) is 12.3 Å². The van der Waals surface area contributed by atoms with Crippen molar-refractivity contribution in [2.24, 2.45) is 4.99 Å². The lowest BCUT2D eigenvalue weighted by molar-refractivity contribution is 0.473. The largest absolute Gasteiger partial charge is 0.444 e. The number of guanidine groups is 1. The SMILES string of the molecule is CCNC(=NCc1nc(C)c(C)o1)NCCc1ccc(Cl)s1.